The summed E-state index contributed by atoms with van der Waals surface area (Å²) in [4.78, 5) is 24.1. The summed E-state index contributed by atoms with van der Waals surface area (Å²) >= 11 is 0. The highest BCUT2D eigenvalue weighted by Crippen LogP contribution is 2.22. The van der Waals surface area contributed by atoms with E-state index in [0.717, 1.165) is 30.6 Å². The number of aliphatic hydroxyl groups is 3. The number of nitrogens with two attached hydrogens (primary N) is 1. The lowest BCUT2D eigenvalue weighted by Crippen LogP contribution is -2.63. The molecule has 1 heterocycles. The SMILES string of the molecule is CC(=O)N1C(O)C(CO)OC(OCCCC(=O)NCCCCCCN)C1O. The number of ether oxygens (including phenoxy) is 2. The average molecular weight is 391 g/mol. The van der Waals surface area contributed by atoms with Crippen LogP contribution in [0.15, 0.2) is 0 Å². The topological polar surface area (TPSA) is 155 Å². The van der Waals surface area contributed by atoms with E-state index in [-0.39, 0.29) is 18.9 Å². The average Bonchev–Trinajstić information content (AvgIpc) is 2.63. The fourth-order valence-corrected chi connectivity index (χ4v) is 2.79. The van der Waals surface area contributed by atoms with Gasteiger partial charge in [0, 0.05) is 19.9 Å². The zero-order valence-corrected chi connectivity index (χ0v) is 15.9. The van der Waals surface area contributed by atoms with Crippen LogP contribution in [0.2, 0.25) is 0 Å². The number of nitrogens with one attached hydrogen (secondary N) is 1. The van der Waals surface area contributed by atoms with Gasteiger partial charge in [-0.2, -0.15) is 0 Å². The fourth-order valence-electron chi connectivity index (χ4n) is 2.79. The number of unbranched alkanes of at least 4 members (excludes halogenated alkanes) is 3. The summed E-state index contributed by atoms with van der Waals surface area (Å²) in [7, 11) is 0. The Bertz CT molecular complexity index is 452. The maximum atomic E-state index is 11.7. The first-order valence-corrected chi connectivity index (χ1v) is 9.42. The zero-order chi connectivity index (χ0) is 20.2. The fraction of sp³-hybridized carbons (Fsp3) is 0.882. The number of carbonyl (C=O) groups excluding carboxylic acids is 2. The van der Waals surface area contributed by atoms with Crippen molar-refractivity contribution in [2.75, 3.05) is 26.3 Å². The van der Waals surface area contributed by atoms with Crippen molar-refractivity contribution in [3.8, 4) is 0 Å². The van der Waals surface area contributed by atoms with Crippen molar-refractivity contribution in [1.29, 1.82) is 0 Å². The van der Waals surface area contributed by atoms with Crippen LogP contribution in [-0.4, -0.2) is 83.2 Å². The minimum absolute atomic E-state index is 0.0865. The second kappa shape index (κ2) is 13.0. The molecule has 0 saturated carbocycles. The molecule has 4 atom stereocenters. The van der Waals surface area contributed by atoms with Gasteiger partial charge in [0.2, 0.25) is 18.1 Å². The van der Waals surface area contributed by atoms with E-state index in [1.54, 1.807) is 0 Å². The van der Waals surface area contributed by atoms with E-state index >= 15 is 0 Å². The Morgan fingerprint density at radius 3 is 2.48 bits per heavy atom. The van der Waals surface area contributed by atoms with Crippen molar-refractivity contribution in [1.82, 2.24) is 10.2 Å². The van der Waals surface area contributed by atoms with E-state index in [1.807, 2.05) is 0 Å². The molecule has 0 bridgehead atoms. The number of nitrogens with zero attached hydrogens (tertiary/aromatic N) is 1. The normalized spacial score (nSPS) is 25.4. The van der Waals surface area contributed by atoms with Crippen LogP contribution in [0.5, 0.6) is 0 Å². The van der Waals surface area contributed by atoms with E-state index in [4.69, 9.17) is 15.2 Å². The van der Waals surface area contributed by atoms with Crippen LogP contribution in [0.25, 0.3) is 0 Å². The van der Waals surface area contributed by atoms with Crippen molar-refractivity contribution in [2.24, 2.45) is 5.73 Å². The number of carbonyl (C=O) groups is 2. The number of hydrogen-bond donors (Lipinski definition) is 5. The molecule has 0 aliphatic carbocycles. The first-order valence-electron chi connectivity index (χ1n) is 9.42. The van der Waals surface area contributed by atoms with E-state index in [9.17, 15) is 24.9 Å². The van der Waals surface area contributed by atoms with Crippen molar-refractivity contribution in [3.63, 3.8) is 0 Å². The van der Waals surface area contributed by atoms with Crippen LogP contribution in [0.4, 0.5) is 0 Å². The smallest absolute Gasteiger partial charge is 0.223 e. The summed E-state index contributed by atoms with van der Waals surface area (Å²) in [5, 5.41) is 32.1. The maximum absolute atomic E-state index is 11.7. The van der Waals surface area contributed by atoms with Crippen molar-refractivity contribution >= 4 is 11.8 Å². The van der Waals surface area contributed by atoms with Gasteiger partial charge in [0.1, 0.15) is 6.10 Å². The number of amides is 2. The highest BCUT2D eigenvalue weighted by Gasteiger charge is 2.44. The summed E-state index contributed by atoms with van der Waals surface area (Å²) in [6.07, 6.45) is -0.588. The molecule has 10 heteroatoms. The molecule has 4 unspecified atom stereocenters. The second-order valence-corrected chi connectivity index (χ2v) is 6.51. The monoisotopic (exact) mass is 391 g/mol. The third-order valence-electron chi connectivity index (χ3n) is 4.28. The highest BCUT2D eigenvalue weighted by atomic mass is 16.7. The van der Waals surface area contributed by atoms with Gasteiger partial charge in [0.15, 0.2) is 12.5 Å². The summed E-state index contributed by atoms with van der Waals surface area (Å²) in [6, 6.07) is 0. The number of rotatable bonds is 12. The molecule has 158 valence electrons. The van der Waals surface area contributed by atoms with Crippen LogP contribution in [0.1, 0.15) is 45.4 Å². The van der Waals surface area contributed by atoms with E-state index < -0.39 is 37.4 Å². The van der Waals surface area contributed by atoms with Gasteiger partial charge < -0.3 is 35.8 Å². The molecular formula is C17H33N3O7. The predicted molar refractivity (Wildman–Crippen MR) is 96.0 cm³/mol. The minimum atomic E-state index is -1.50. The summed E-state index contributed by atoms with van der Waals surface area (Å²) in [5.74, 6) is -0.659. The standard InChI is InChI=1S/C17H33N3O7/c1-12(22)20-15(24)13(11-21)27-17(16(20)25)26-10-6-7-14(23)19-9-5-3-2-4-8-18/h13,15-17,21,24-25H,2-11,18H2,1H3,(H,19,23). The van der Waals surface area contributed by atoms with E-state index in [2.05, 4.69) is 5.32 Å². The van der Waals surface area contributed by atoms with Gasteiger partial charge in [-0.1, -0.05) is 12.8 Å². The molecule has 27 heavy (non-hydrogen) atoms. The number of hydrogen-bond acceptors (Lipinski definition) is 8. The molecule has 0 spiro atoms. The third-order valence-corrected chi connectivity index (χ3v) is 4.28. The molecule has 0 aromatic carbocycles. The van der Waals surface area contributed by atoms with Crippen LogP contribution in [0, 0.1) is 0 Å². The zero-order valence-electron chi connectivity index (χ0n) is 15.9. The molecule has 0 aromatic rings. The van der Waals surface area contributed by atoms with Crippen molar-refractivity contribution < 1.29 is 34.4 Å². The lowest BCUT2D eigenvalue weighted by Gasteiger charge is -2.44. The van der Waals surface area contributed by atoms with Crippen LogP contribution in [-0.2, 0) is 19.1 Å². The summed E-state index contributed by atoms with van der Waals surface area (Å²) < 4.78 is 10.7. The Kier molecular flexibility index (Phi) is 11.4. The largest absolute Gasteiger partial charge is 0.393 e. The second-order valence-electron chi connectivity index (χ2n) is 6.51. The summed E-state index contributed by atoms with van der Waals surface area (Å²) in [5.41, 5.74) is 5.42. The molecule has 1 aliphatic heterocycles. The maximum Gasteiger partial charge on any atom is 0.223 e. The quantitative estimate of drug-likeness (QED) is 0.255. The Labute approximate surface area is 159 Å². The predicted octanol–water partition coefficient (Wildman–Crippen LogP) is -1.38. The van der Waals surface area contributed by atoms with E-state index in [0.29, 0.717) is 19.5 Å². The highest BCUT2D eigenvalue weighted by molar-refractivity contribution is 5.75. The first kappa shape index (κ1) is 23.7. The van der Waals surface area contributed by atoms with Crippen LogP contribution in [0.3, 0.4) is 0 Å². The first-order chi connectivity index (χ1) is 12.9. The van der Waals surface area contributed by atoms with Crippen molar-refractivity contribution in [2.45, 2.75) is 70.3 Å². The van der Waals surface area contributed by atoms with Crippen LogP contribution >= 0.6 is 0 Å². The molecule has 0 radical (unpaired) electrons. The molecule has 1 saturated heterocycles. The Morgan fingerprint density at radius 1 is 1.15 bits per heavy atom. The lowest BCUT2D eigenvalue weighted by molar-refractivity contribution is -0.324. The minimum Gasteiger partial charge on any atom is -0.393 e. The Balaban J connectivity index is 2.26. The lowest BCUT2D eigenvalue weighted by atomic mass is 10.2. The van der Waals surface area contributed by atoms with Gasteiger partial charge in [-0.05, 0) is 25.8 Å². The molecule has 1 rings (SSSR count). The Morgan fingerprint density at radius 2 is 1.85 bits per heavy atom. The molecule has 1 fully saturated rings. The van der Waals surface area contributed by atoms with Gasteiger partial charge in [0.25, 0.3) is 0 Å². The molecule has 2 amide bonds. The molecule has 1 aliphatic rings. The van der Waals surface area contributed by atoms with Gasteiger partial charge >= 0.3 is 0 Å². The molecule has 0 aromatic heterocycles. The van der Waals surface area contributed by atoms with Crippen molar-refractivity contribution in [3.05, 3.63) is 0 Å². The van der Waals surface area contributed by atoms with Gasteiger partial charge in [-0.15, -0.1) is 0 Å². The number of morpholine rings is 1. The molecule has 10 nitrogen and oxygen atoms in total. The van der Waals surface area contributed by atoms with Gasteiger partial charge in [-0.3, -0.25) is 14.5 Å². The summed E-state index contributed by atoms with van der Waals surface area (Å²) in [6.45, 7) is 2.08. The van der Waals surface area contributed by atoms with Crippen LogP contribution < -0.4 is 11.1 Å². The Hall–Kier alpha value is -1.30. The van der Waals surface area contributed by atoms with Gasteiger partial charge in [0.05, 0.1) is 13.2 Å². The molecule has 6 N–H and O–H groups in total. The van der Waals surface area contributed by atoms with E-state index in [1.165, 1.54) is 6.92 Å². The van der Waals surface area contributed by atoms with Gasteiger partial charge in [-0.25, -0.2) is 0 Å². The number of aliphatic hydroxyl groups excluding tert-OH is 3. The third kappa shape index (κ3) is 8.08. The molecular weight excluding hydrogens is 358 g/mol.